The second-order valence-corrected chi connectivity index (χ2v) is 6.72. The number of nitrogens with zero attached hydrogens (tertiary/aromatic N) is 3. The average Bonchev–Trinajstić information content (AvgIpc) is 2.63. The summed E-state index contributed by atoms with van der Waals surface area (Å²) in [4.78, 5) is 21.1. The smallest absolute Gasteiger partial charge is 0.234 e. The molecule has 0 aliphatic carbocycles. The van der Waals surface area contributed by atoms with E-state index in [1.165, 1.54) is 0 Å². The summed E-state index contributed by atoms with van der Waals surface area (Å²) in [7, 11) is 0. The van der Waals surface area contributed by atoms with Crippen molar-refractivity contribution in [3.8, 4) is 0 Å². The van der Waals surface area contributed by atoms with Crippen LogP contribution in [0.3, 0.4) is 0 Å². The highest BCUT2D eigenvalue weighted by atomic mass is 35.5. The summed E-state index contributed by atoms with van der Waals surface area (Å²) in [5.41, 5.74) is 2.11. The van der Waals surface area contributed by atoms with Gasteiger partial charge in [-0.15, -0.1) is 0 Å². The Morgan fingerprint density at radius 1 is 1.08 bits per heavy atom. The molecule has 2 aromatic rings. The van der Waals surface area contributed by atoms with E-state index in [0.29, 0.717) is 18.1 Å². The molecule has 1 aromatic carbocycles. The number of aromatic nitrogens is 1. The second kappa shape index (κ2) is 8.94. The minimum absolute atomic E-state index is 0.0538. The quantitative estimate of drug-likeness (QED) is 0.859. The van der Waals surface area contributed by atoms with Gasteiger partial charge in [-0.1, -0.05) is 29.8 Å². The van der Waals surface area contributed by atoms with Gasteiger partial charge in [-0.2, -0.15) is 0 Å². The Hall–Kier alpha value is -1.95. The van der Waals surface area contributed by atoms with Crippen LogP contribution in [-0.4, -0.2) is 53.4 Å². The zero-order valence-corrected chi connectivity index (χ0v) is 15.0. The highest BCUT2D eigenvalue weighted by Crippen LogP contribution is 2.10. The molecule has 132 valence electrons. The molecule has 1 N–H and O–H groups in total. The summed E-state index contributed by atoms with van der Waals surface area (Å²) >= 11 is 5.96. The second-order valence-electron chi connectivity index (χ2n) is 6.28. The van der Waals surface area contributed by atoms with Crippen LogP contribution in [0, 0.1) is 0 Å². The maximum Gasteiger partial charge on any atom is 0.234 e. The zero-order valence-electron chi connectivity index (χ0n) is 14.2. The lowest BCUT2D eigenvalue weighted by Crippen LogP contribution is -2.49. The number of amides is 1. The molecule has 6 heteroatoms. The number of benzene rings is 1. The number of hydrogen-bond acceptors (Lipinski definition) is 4. The van der Waals surface area contributed by atoms with Crippen LogP contribution in [0.25, 0.3) is 0 Å². The van der Waals surface area contributed by atoms with E-state index in [1.54, 1.807) is 0 Å². The number of rotatable bonds is 6. The SMILES string of the molecule is O=C(CN1CCN(Cc2ccccn2)CC1)NCc1cccc(Cl)c1. The molecule has 1 aromatic heterocycles. The summed E-state index contributed by atoms with van der Waals surface area (Å²) in [5.74, 6) is 0.0538. The predicted octanol–water partition coefficient (Wildman–Crippen LogP) is 2.17. The monoisotopic (exact) mass is 358 g/mol. The summed E-state index contributed by atoms with van der Waals surface area (Å²) in [5, 5.41) is 3.65. The average molecular weight is 359 g/mol. The molecule has 0 saturated carbocycles. The molecule has 25 heavy (non-hydrogen) atoms. The van der Waals surface area contributed by atoms with Gasteiger partial charge in [0.15, 0.2) is 0 Å². The first-order chi connectivity index (χ1) is 12.2. The summed E-state index contributed by atoms with van der Waals surface area (Å²) < 4.78 is 0. The Morgan fingerprint density at radius 2 is 1.88 bits per heavy atom. The van der Waals surface area contributed by atoms with Gasteiger partial charge in [-0.3, -0.25) is 19.6 Å². The molecule has 1 amide bonds. The van der Waals surface area contributed by atoms with E-state index in [0.717, 1.165) is 44.0 Å². The normalized spacial score (nSPS) is 15.9. The number of halogens is 1. The molecule has 1 aliphatic rings. The summed E-state index contributed by atoms with van der Waals surface area (Å²) in [6.07, 6.45) is 1.83. The lowest BCUT2D eigenvalue weighted by molar-refractivity contribution is -0.122. The van der Waals surface area contributed by atoms with Crippen molar-refractivity contribution in [3.63, 3.8) is 0 Å². The number of carbonyl (C=O) groups excluding carboxylic acids is 1. The van der Waals surface area contributed by atoms with Crippen LogP contribution >= 0.6 is 11.6 Å². The van der Waals surface area contributed by atoms with Gasteiger partial charge in [0.2, 0.25) is 5.91 Å². The predicted molar refractivity (Wildman–Crippen MR) is 99.3 cm³/mol. The van der Waals surface area contributed by atoms with Crippen molar-refractivity contribution in [3.05, 3.63) is 64.9 Å². The van der Waals surface area contributed by atoms with E-state index < -0.39 is 0 Å². The Labute approximate surface area is 153 Å². The molecule has 1 saturated heterocycles. The maximum absolute atomic E-state index is 12.1. The van der Waals surface area contributed by atoms with Crippen molar-refractivity contribution in [2.45, 2.75) is 13.1 Å². The molecule has 0 unspecified atom stereocenters. The largest absolute Gasteiger partial charge is 0.351 e. The molecule has 1 fully saturated rings. The van der Waals surface area contributed by atoms with Crippen LogP contribution in [-0.2, 0) is 17.9 Å². The van der Waals surface area contributed by atoms with E-state index in [4.69, 9.17) is 11.6 Å². The topological polar surface area (TPSA) is 48.5 Å². The number of piperazine rings is 1. The lowest BCUT2D eigenvalue weighted by atomic mass is 10.2. The first kappa shape index (κ1) is 17.9. The van der Waals surface area contributed by atoms with Gasteiger partial charge >= 0.3 is 0 Å². The van der Waals surface area contributed by atoms with Crippen molar-refractivity contribution >= 4 is 17.5 Å². The first-order valence-corrected chi connectivity index (χ1v) is 8.92. The molecular formula is C19H23ClN4O. The summed E-state index contributed by atoms with van der Waals surface area (Å²) in [6.45, 7) is 5.54. The fourth-order valence-electron chi connectivity index (χ4n) is 2.93. The van der Waals surface area contributed by atoms with Crippen LogP contribution in [0.1, 0.15) is 11.3 Å². The van der Waals surface area contributed by atoms with Crippen molar-refractivity contribution < 1.29 is 4.79 Å². The van der Waals surface area contributed by atoms with Gasteiger partial charge < -0.3 is 5.32 Å². The third kappa shape index (κ3) is 5.81. The minimum Gasteiger partial charge on any atom is -0.351 e. The van der Waals surface area contributed by atoms with Crippen LogP contribution in [0.15, 0.2) is 48.7 Å². The van der Waals surface area contributed by atoms with Crippen molar-refractivity contribution in [2.75, 3.05) is 32.7 Å². The van der Waals surface area contributed by atoms with Gasteiger partial charge in [0, 0.05) is 50.5 Å². The van der Waals surface area contributed by atoms with Gasteiger partial charge in [-0.05, 0) is 29.8 Å². The van der Waals surface area contributed by atoms with Crippen molar-refractivity contribution in [2.24, 2.45) is 0 Å². The maximum atomic E-state index is 12.1. The van der Waals surface area contributed by atoms with E-state index in [2.05, 4.69) is 26.2 Å². The van der Waals surface area contributed by atoms with E-state index in [9.17, 15) is 4.79 Å². The first-order valence-electron chi connectivity index (χ1n) is 8.55. The molecule has 0 spiro atoms. The molecule has 0 radical (unpaired) electrons. The molecule has 0 bridgehead atoms. The molecule has 3 rings (SSSR count). The molecular weight excluding hydrogens is 336 g/mol. The third-order valence-electron chi connectivity index (χ3n) is 4.32. The highest BCUT2D eigenvalue weighted by molar-refractivity contribution is 6.30. The lowest BCUT2D eigenvalue weighted by Gasteiger charge is -2.34. The molecule has 2 heterocycles. The Bertz CT molecular complexity index is 687. The van der Waals surface area contributed by atoms with Gasteiger partial charge in [0.05, 0.1) is 12.2 Å². The zero-order chi connectivity index (χ0) is 17.5. The fourth-order valence-corrected chi connectivity index (χ4v) is 3.15. The number of pyridine rings is 1. The van der Waals surface area contributed by atoms with Crippen molar-refractivity contribution in [1.29, 1.82) is 0 Å². The van der Waals surface area contributed by atoms with Crippen LogP contribution in [0.5, 0.6) is 0 Å². The Morgan fingerprint density at radius 3 is 2.60 bits per heavy atom. The minimum atomic E-state index is 0.0538. The number of carbonyl (C=O) groups is 1. The number of nitrogens with one attached hydrogen (secondary N) is 1. The van der Waals surface area contributed by atoms with Crippen molar-refractivity contribution in [1.82, 2.24) is 20.1 Å². The Balaban J connectivity index is 1.37. The Kier molecular flexibility index (Phi) is 6.39. The van der Waals surface area contributed by atoms with E-state index in [1.807, 2.05) is 42.6 Å². The fraction of sp³-hybridized carbons (Fsp3) is 0.368. The molecule has 5 nitrogen and oxygen atoms in total. The van der Waals surface area contributed by atoms with E-state index >= 15 is 0 Å². The third-order valence-corrected chi connectivity index (χ3v) is 4.56. The summed E-state index contributed by atoms with van der Waals surface area (Å²) in [6, 6.07) is 13.6. The van der Waals surface area contributed by atoms with Crippen LogP contribution in [0.4, 0.5) is 0 Å². The van der Waals surface area contributed by atoms with Gasteiger partial charge in [-0.25, -0.2) is 0 Å². The van der Waals surface area contributed by atoms with Gasteiger partial charge in [0.25, 0.3) is 0 Å². The standard InChI is InChI=1S/C19H23ClN4O/c20-17-5-3-4-16(12-17)13-22-19(25)15-24-10-8-23(9-11-24)14-18-6-1-2-7-21-18/h1-7,12H,8-11,13-15H2,(H,22,25). The molecule has 0 atom stereocenters. The number of hydrogen-bond donors (Lipinski definition) is 1. The van der Waals surface area contributed by atoms with Crippen LogP contribution in [0.2, 0.25) is 5.02 Å². The van der Waals surface area contributed by atoms with E-state index in [-0.39, 0.29) is 5.91 Å². The molecule has 1 aliphatic heterocycles. The van der Waals surface area contributed by atoms with Gasteiger partial charge in [0.1, 0.15) is 0 Å². The van der Waals surface area contributed by atoms with Crippen LogP contribution < -0.4 is 5.32 Å². The highest BCUT2D eigenvalue weighted by Gasteiger charge is 2.19.